The summed E-state index contributed by atoms with van der Waals surface area (Å²) in [6.45, 7) is 11.7. The van der Waals surface area contributed by atoms with Crippen LogP contribution in [0.2, 0.25) is 0 Å². The molecule has 1 N–H and O–H groups in total. The van der Waals surface area contributed by atoms with Crippen molar-refractivity contribution >= 4 is 0 Å². The lowest BCUT2D eigenvalue weighted by Crippen LogP contribution is -2.19. The maximum absolute atomic E-state index is 5.91. The number of aromatic nitrogens is 2. The summed E-state index contributed by atoms with van der Waals surface area (Å²) in [6.07, 6.45) is 5.35. The molecule has 0 saturated carbocycles. The molecule has 2 atom stereocenters. The van der Waals surface area contributed by atoms with Crippen molar-refractivity contribution in [2.75, 3.05) is 13.1 Å². The van der Waals surface area contributed by atoms with Crippen LogP contribution < -0.4 is 5.32 Å². The van der Waals surface area contributed by atoms with Crippen LogP contribution in [0.25, 0.3) is 0 Å². The van der Waals surface area contributed by atoms with Gasteiger partial charge in [-0.25, -0.2) is 0 Å². The molecule has 1 aliphatic heterocycles. The van der Waals surface area contributed by atoms with E-state index in [9.17, 15) is 0 Å². The first kappa shape index (κ1) is 15.5. The highest BCUT2D eigenvalue weighted by Crippen LogP contribution is 2.22. The number of aryl methyl sites for hydroxylation is 1. The van der Waals surface area contributed by atoms with Crippen molar-refractivity contribution in [2.45, 2.75) is 72.1 Å². The van der Waals surface area contributed by atoms with Gasteiger partial charge in [-0.1, -0.05) is 6.92 Å². The Morgan fingerprint density at radius 2 is 2.10 bits per heavy atom. The summed E-state index contributed by atoms with van der Waals surface area (Å²) in [5, 5.41) is 8.17. The fourth-order valence-electron chi connectivity index (χ4n) is 3.00. The van der Waals surface area contributed by atoms with Crippen LogP contribution in [0, 0.1) is 13.8 Å². The van der Waals surface area contributed by atoms with E-state index in [4.69, 9.17) is 9.84 Å². The highest BCUT2D eigenvalue weighted by Gasteiger charge is 2.23. The predicted octanol–water partition coefficient (Wildman–Crippen LogP) is 2.61. The summed E-state index contributed by atoms with van der Waals surface area (Å²) >= 11 is 0. The molecule has 1 saturated heterocycles. The van der Waals surface area contributed by atoms with Crippen molar-refractivity contribution in [3.8, 4) is 0 Å². The summed E-state index contributed by atoms with van der Waals surface area (Å²) in [4.78, 5) is 0. The van der Waals surface area contributed by atoms with Crippen LogP contribution in [0.1, 0.15) is 50.1 Å². The fraction of sp³-hybridized carbons (Fsp3) is 0.812. The Balaban J connectivity index is 1.93. The third kappa shape index (κ3) is 3.83. The largest absolute Gasteiger partial charge is 0.373 e. The SMILES string of the molecule is CCCNCCc1c(C)nn(CC2CCC(C)O2)c1C. The molecule has 1 fully saturated rings. The molecule has 1 aliphatic rings. The molecule has 114 valence electrons. The van der Waals surface area contributed by atoms with Crippen molar-refractivity contribution in [1.82, 2.24) is 15.1 Å². The molecule has 2 unspecified atom stereocenters. The second-order valence-corrected chi connectivity index (χ2v) is 5.98. The maximum atomic E-state index is 5.91. The minimum absolute atomic E-state index is 0.342. The van der Waals surface area contributed by atoms with Crippen molar-refractivity contribution in [2.24, 2.45) is 0 Å². The Kier molecular flexibility index (Phi) is 5.61. The van der Waals surface area contributed by atoms with Gasteiger partial charge in [0.15, 0.2) is 0 Å². The zero-order valence-corrected chi connectivity index (χ0v) is 13.4. The molecule has 1 aromatic rings. The Morgan fingerprint density at radius 3 is 2.75 bits per heavy atom. The van der Waals surface area contributed by atoms with Crippen LogP contribution in [-0.2, 0) is 17.7 Å². The topological polar surface area (TPSA) is 39.1 Å². The van der Waals surface area contributed by atoms with Crippen molar-refractivity contribution in [3.05, 3.63) is 17.0 Å². The molecule has 4 heteroatoms. The van der Waals surface area contributed by atoms with E-state index in [0.717, 1.165) is 32.5 Å². The van der Waals surface area contributed by atoms with Gasteiger partial charge in [-0.15, -0.1) is 0 Å². The highest BCUT2D eigenvalue weighted by molar-refractivity contribution is 5.24. The van der Waals surface area contributed by atoms with Crippen molar-refractivity contribution in [1.29, 1.82) is 0 Å². The number of nitrogens with zero attached hydrogens (tertiary/aromatic N) is 2. The monoisotopic (exact) mass is 279 g/mol. The zero-order valence-electron chi connectivity index (χ0n) is 13.4. The lowest BCUT2D eigenvalue weighted by Gasteiger charge is -2.12. The number of nitrogens with one attached hydrogen (secondary N) is 1. The van der Waals surface area contributed by atoms with Gasteiger partial charge < -0.3 is 10.1 Å². The van der Waals surface area contributed by atoms with Gasteiger partial charge >= 0.3 is 0 Å². The van der Waals surface area contributed by atoms with E-state index >= 15 is 0 Å². The average molecular weight is 279 g/mol. The van der Waals surface area contributed by atoms with E-state index in [-0.39, 0.29) is 0 Å². The summed E-state index contributed by atoms with van der Waals surface area (Å²) in [6, 6.07) is 0. The van der Waals surface area contributed by atoms with Crippen LogP contribution in [-0.4, -0.2) is 35.1 Å². The van der Waals surface area contributed by atoms with Crippen LogP contribution in [0.4, 0.5) is 0 Å². The molecular weight excluding hydrogens is 250 g/mol. The maximum Gasteiger partial charge on any atom is 0.0775 e. The predicted molar refractivity (Wildman–Crippen MR) is 82.1 cm³/mol. The smallest absolute Gasteiger partial charge is 0.0775 e. The standard InChI is InChI=1S/C16H29N3O/c1-5-9-17-10-8-16-13(3)18-19(14(16)4)11-15-7-6-12(2)20-15/h12,15,17H,5-11H2,1-4H3. The van der Waals surface area contributed by atoms with E-state index in [1.54, 1.807) is 0 Å². The molecule has 2 rings (SSSR count). The number of ether oxygens (including phenoxy) is 1. The third-order valence-corrected chi connectivity index (χ3v) is 4.21. The zero-order chi connectivity index (χ0) is 14.5. The molecule has 1 aromatic heterocycles. The van der Waals surface area contributed by atoms with Gasteiger partial charge in [0, 0.05) is 5.69 Å². The second kappa shape index (κ2) is 7.23. The number of hydrogen-bond acceptors (Lipinski definition) is 3. The van der Waals surface area contributed by atoms with Gasteiger partial charge in [0.25, 0.3) is 0 Å². The molecule has 0 radical (unpaired) electrons. The molecule has 0 aliphatic carbocycles. The fourth-order valence-corrected chi connectivity index (χ4v) is 3.00. The average Bonchev–Trinajstić information content (AvgIpc) is 2.93. The van der Waals surface area contributed by atoms with Crippen molar-refractivity contribution in [3.63, 3.8) is 0 Å². The summed E-state index contributed by atoms with van der Waals surface area (Å²) in [5.41, 5.74) is 3.88. The van der Waals surface area contributed by atoms with Crippen LogP contribution in [0.15, 0.2) is 0 Å². The third-order valence-electron chi connectivity index (χ3n) is 4.21. The Hall–Kier alpha value is -0.870. The molecule has 0 spiro atoms. The van der Waals surface area contributed by atoms with E-state index < -0.39 is 0 Å². The molecule has 2 heterocycles. The summed E-state index contributed by atoms with van der Waals surface area (Å²) in [5.74, 6) is 0. The first-order chi connectivity index (χ1) is 9.61. The van der Waals surface area contributed by atoms with E-state index in [1.807, 2.05) is 0 Å². The van der Waals surface area contributed by atoms with Gasteiger partial charge in [-0.2, -0.15) is 5.10 Å². The van der Waals surface area contributed by atoms with E-state index in [0.29, 0.717) is 12.2 Å². The van der Waals surface area contributed by atoms with Crippen LogP contribution >= 0.6 is 0 Å². The first-order valence-electron chi connectivity index (χ1n) is 8.00. The van der Waals surface area contributed by atoms with Crippen LogP contribution in [0.5, 0.6) is 0 Å². The quantitative estimate of drug-likeness (QED) is 0.780. The molecule has 0 bridgehead atoms. The van der Waals surface area contributed by atoms with E-state index in [1.165, 1.54) is 29.8 Å². The molecule has 20 heavy (non-hydrogen) atoms. The minimum atomic E-state index is 0.342. The lowest BCUT2D eigenvalue weighted by molar-refractivity contribution is 0.0433. The van der Waals surface area contributed by atoms with Gasteiger partial charge in [0.05, 0.1) is 24.4 Å². The summed E-state index contributed by atoms with van der Waals surface area (Å²) in [7, 11) is 0. The normalized spacial score (nSPS) is 22.6. The molecular formula is C16H29N3O. The summed E-state index contributed by atoms with van der Waals surface area (Å²) < 4.78 is 8.06. The van der Waals surface area contributed by atoms with Gasteiger partial charge in [0.1, 0.15) is 0 Å². The molecule has 4 nitrogen and oxygen atoms in total. The number of rotatable bonds is 7. The van der Waals surface area contributed by atoms with Crippen molar-refractivity contribution < 1.29 is 4.74 Å². The van der Waals surface area contributed by atoms with E-state index in [2.05, 4.69) is 37.7 Å². The Morgan fingerprint density at radius 1 is 1.30 bits per heavy atom. The van der Waals surface area contributed by atoms with Gasteiger partial charge in [-0.05, 0) is 65.1 Å². The first-order valence-corrected chi connectivity index (χ1v) is 8.00. The molecule has 0 aromatic carbocycles. The van der Waals surface area contributed by atoms with Gasteiger partial charge in [-0.3, -0.25) is 4.68 Å². The van der Waals surface area contributed by atoms with Gasteiger partial charge in [0.2, 0.25) is 0 Å². The Labute approximate surface area is 122 Å². The minimum Gasteiger partial charge on any atom is -0.373 e. The Bertz CT molecular complexity index is 428. The lowest BCUT2D eigenvalue weighted by atomic mass is 10.1. The highest BCUT2D eigenvalue weighted by atomic mass is 16.5. The second-order valence-electron chi connectivity index (χ2n) is 5.98. The molecule has 0 amide bonds. The van der Waals surface area contributed by atoms with Crippen LogP contribution in [0.3, 0.4) is 0 Å². The number of hydrogen-bond donors (Lipinski definition) is 1.